The minimum atomic E-state index is -0.622. The number of benzene rings is 2. The highest BCUT2D eigenvalue weighted by Gasteiger charge is 2.43. The Labute approximate surface area is 176 Å². The van der Waals surface area contributed by atoms with E-state index in [2.05, 4.69) is 4.99 Å². The van der Waals surface area contributed by atoms with E-state index in [1.54, 1.807) is 7.11 Å². The highest BCUT2D eigenvalue weighted by Crippen LogP contribution is 2.43. The standard InChI is InChI=1S/C25H25NO4/c1-16-22(25(28)30-15-17-7-4-3-5-8-17)23(18-11-13-19(29-2)14-12-18)24-20(26-16)9-6-10-21(24)27/h3-5,7-8,11-14,22-23H,6,9-10,15H2,1-2H3/t22?,23-/m1/s1. The minimum absolute atomic E-state index is 0.0779. The van der Waals surface area contributed by atoms with E-state index < -0.39 is 5.92 Å². The molecule has 1 aliphatic heterocycles. The van der Waals surface area contributed by atoms with E-state index in [1.807, 2.05) is 61.5 Å². The Morgan fingerprint density at radius 3 is 2.50 bits per heavy atom. The number of rotatable bonds is 5. The topological polar surface area (TPSA) is 65.0 Å². The molecular weight excluding hydrogens is 378 g/mol. The van der Waals surface area contributed by atoms with Gasteiger partial charge in [-0.15, -0.1) is 0 Å². The summed E-state index contributed by atoms with van der Waals surface area (Å²) in [6.45, 7) is 2.05. The summed E-state index contributed by atoms with van der Waals surface area (Å²) in [7, 11) is 1.61. The first kappa shape index (κ1) is 20.1. The van der Waals surface area contributed by atoms with Gasteiger partial charge in [-0.3, -0.25) is 14.6 Å². The first-order valence-electron chi connectivity index (χ1n) is 10.2. The number of ketones is 1. The zero-order valence-corrected chi connectivity index (χ0v) is 17.3. The van der Waals surface area contributed by atoms with E-state index in [0.717, 1.165) is 35.4 Å². The molecule has 0 N–H and O–H groups in total. The molecule has 0 aromatic heterocycles. The van der Waals surface area contributed by atoms with Crippen LogP contribution in [0.4, 0.5) is 0 Å². The second kappa shape index (κ2) is 8.66. The van der Waals surface area contributed by atoms with Crippen LogP contribution in [0.15, 0.2) is 70.9 Å². The summed E-state index contributed by atoms with van der Waals surface area (Å²) in [5, 5.41) is 0. The van der Waals surface area contributed by atoms with Crippen molar-refractivity contribution in [2.45, 2.75) is 38.7 Å². The van der Waals surface area contributed by atoms with Gasteiger partial charge in [0.25, 0.3) is 0 Å². The van der Waals surface area contributed by atoms with Crippen LogP contribution in [0.5, 0.6) is 5.75 Å². The maximum absolute atomic E-state index is 13.2. The van der Waals surface area contributed by atoms with Gasteiger partial charge in [-0.25, -0.2) is 0 Å². The Morgan fingerprint density at radius 1 is 1.07 bits per heavy atom. The lowest BCUT2D eigenvalue weighted by atomic mass is 9.72. The van der Waals surface area contributed by atoms with Gasteiger partial charge in [0.2, 0.25) is 0 Å². The van der Waals surface area contributed by atoms with Crippen molar-refractivity contribution in [3.05, 3.63) is 77.0 Å². The van der Waals surface area contributed by atoms with E-state index in [1.165, 1.54) is 0 Å². The molecule has 0 fully saturated rings. The second-order valence-corrected chi connectivity index (χ2v) is 7.71. The van der Waals surface area contributed by atoms with Crippen LogP contribution in [0.1, 0.15) is 43.2 Å². The Bertz CT molecular complexity index is 1010. The third-order valence-corrected chi connectivity index (χ3v) is 5.79. The summed E-state index contributed by atoms with van der Waals surface area (Å²) in [4.78, 5) is 30.8. The number of carbonyl (C=O) groups is 2. The second-order valence-electron chi connectivity index (χ2n) is 7.71. The molecule has 154 valence electrons. The Balaban J connectivity index is 1.69. The van der Waals surface area contributed by atoms with Gasteiger partial charge in [0.1, 0.15) is 18.3 Å². The molecule has 2 atom stereocenters. The number of aliphatic imine (C=N–C) groups is 1. The average molecular weight is 403 g/mol. The lowest BCUT2D eigenvalue weighted by Crippen LogP contribution is -2.37. The SMILES string of the molecule is COc1ccc([C@H]2C3=C(CCCC3=O)N=C(C)C2C(=O)OCc2ccccc2)cc1. The zero-order chi connectivity index (χ0) is 21.1. The van der Waals surface area contributed by atoms with Crippen molar-refractivity contribution in [3.8, 4) is 5.75 Å². The van der Waals surface area contributed by atoms with Gasteiger partial charge in [-0.05, 0) is 43.0 Å². The third kappa shape index (κ3) is 3.92. The summed E-state index contributed by atoms with van der Waals surface area (Å²) in [5.74, 6) is -0.560. The number of nitrogens with zero attached hydrogens (tertiary/aromatic N) is 1. The number of hydrogen-bond acceptors (Lipinski definition) is 5. The fourth-order valence-electron chi connectivity index (χ4n) is 4.30. The lowest BCUT2D eigenvalue weighted by Gasteiger charge is -2.34. The quantitative estimate of drug-likeness (QED) is 0.684. The van der Waals surface area contributed by atoms with E-state index in [0.29, 0.717) is 17.7 Å². The smallest absolute Gasteiger partial charge is 0.315 e. The average Bonchev–Trinajstić information content (AvgIpc) is 2.77. The van der Waals surface area contributed by atoms with Crippen LogP contribution in [0.3, 0.4) is 0 Å². The predicted octanol–water partition coefficient (Wildman–Crippen LogP) is 4.62. The normalized spacial score (nSPS) is 21.0. The number of allylic oxidation sites excluding steroid dienone is 2. The number of ether oxygens (including phenoxy) is 2. The largest absolute Gasteiger partial charge is 0.497 e. The molecule has 0 radical (unpaired) electrons. The van der Waals surface area contributed by atoms with Crippen molar-refractivity contribution in [2.75, 3.05) is 7.11 Å². The summed E-state index contributed by atoms with van der Waals surface area (Å²) < 4.78 is 10.9. The molecule has 5 nitrogen and oxygen atoms in total. The fourth-order valence-corrected chi connectivity index (χ4v) is 4.30. The molecule has 0 spiro atoms. The van der Waals surface area contributed by atoms with E-state index in [9.17, 15) is 9.59 Å². The molecule has 0 saturated heterocycles. The molecule has 1 unspecified atom stereocenters. The van der Waals surface area contributed by atoms with Crippen LogP contribution < -0.4 is 4.74 Å². The number of esters is 1. The molecular formula is C25H25NO4. The predicted molar refractivity (Wildman–Crippen MR) is 114 cm³/mol. The minimum Gasteiger partial charge on any atom is -0.497 e. The highest BCUT2D eigenvalue weighted by molar-refractivity contribution is 6.08. The van der Waals surface area contributed by atoms with Crippen LogP contribution >= 0.6 is 0 Å². The van der Waals surface area contributed by atoms with Crippen LogP contribution in [0.25, 0.3) is 0 Å². The molecule has 30 heavy (non-hydrogen) atoms. The van der Waals surface area contributed by atoms with Gasteiger partial charge >= 0.3 is 5.97 Å². The molecule has 2 aliphatic rings. The Kier molecular flexibility index (Phi) is 5.79. The highest BCUT2D eigenvalue weighted by atomic mass is 16.5. The summed E-state index contributed by atoms with van der Waals surface area (Å²) in [5.41, 5.74) is 4.00. The van der Waals surface area contributed by atoms with Crippen molar-refractivity contribution in [1.29, 1.82) is 0 Å². The van der Waals surface area contributed by atoms with E-state index in [-0.39, 0.29) is 24.3 Å². The molecule has 2 aromatic carbocycles. The molecule has 0 bridgehead atoms. The van der Waals surface area contributed by atoms with Crippen LogP contribution in [-0.4, -0.2) is 24.6 Å². The van der Waals surface area contributed by atoms with Gasteiger partial charge < -0.3 is 9.47 Å². The first-order chi connectivity index (χ1) is 14.6. The molecule has 4 rings (SSSR count). The van der Waals surface area contributed by atoms with Crippen LogP contribution in [0.2, 0.25) is 0 Å². The lowest BCUT2D eigenvalue weighted by molar-refractivity contribution is -0.148. The third-order valence-electron chi connectivity index (χ3n) is 5.79. The van der Waals surface area contributed by atoms with Crippen molar-refractivity contribution in [2.24, 2.45) is 10.9 Å². The Morgan fingerprint density at radius 2 is 1.80 bits per heavy atom. The van der Waals surface area contributed by atoms with Gasteiger partial charge in [0, 0.05) is 29.3 Å². The summed E-state index contributed by atoms with van der Waals surface area (Å²) in [6, 6.07) is 17.1. The van der Waals surface area contributed by atoms with E-state index in [4.69, 9.17) is 9.47 Å². The van der Waals surface area contributed by atoms with Crippen molar-refractivity contribution < 1.29 is 19.1 Å². The van der Waals surface area contributed by atoms with Gasteiger partial charge in [0.15, 0.2) is 5.78 Å². The molecule has 2 aromatic rings. The van der Waals surface area contributed by atoms with Gasteiger partial charge in [-0.2, -0.15) is 0 Å². The van der Waals surface area contributed by atoms with Gasteiger partial charge in [-0.1, -0.05) is 42.5 Å². The maximum Gasteiger partial charge on any atom is 0.315 e. The van der Waals surface area contributed by atoms with Crippen LogP contribution in [-0.2, 0) is 20.9 Å². The monoisotopic (exact) mass is 403 g/mol. The van der Waals surface area contributed by atoms with Crippen molar-refractivity contribution in [3.63, 3.8) is 0 Å². The first-order valence-corrected chi connectivity index (χ1v) is 10.2. The number of carbonyl (C=O) groups excluding carboxylic acids is 2. The van der Waals surface area contributed by atoms with Gasteiger partial charge in [0.05, 0.1) is 7.11 Å². The molecule has 5 heteroatoms. The Hall–Kier alpha value is -3.21. The number of methoxy groups -OCH3 is 1. The zero-order valence-electron chi connectivity index (χ0n) is 17.3. The van der Waals surface area contributed by atoms with Crippen molar-refractivity contribution in [1.82, 2.24) is 0 Å². The maximum atomic E-state index is 13.2. The molecule has 1 aliphatic carbocycles. The molecule has 1 heterocycles. The van der Waals surface area contributed by atoms with E-state index >= 15 is 0 Å². The number of hydrogen-bond donors (Lipinski definition) is 0. The molecule has 0 amide bonds. The fraction of sp³-hybridized carbons (Fsp3) is 0.320. The number of Topliss-reactive ketones (excluding diaryl/α,β-unsaturated/α-hetero) is 1. The van der Waals surface area contributed by atoms with Crippen LogP contribution in [0, 0.1) is 5.92 Å². The summed E-state index contributed by atoms with van der Waals surface area (Å²) >= 11 is 0. The summed E-state index contributed by atoms with van der Waals surface area (Å²) in [6.07, 6.45) is 2.05. The molecule has 0 saturated carbocycles. The van der Waals surface area contributed by atoms with Crippen molar-refractivity contribution >= 4 is 17.5 Å².